The fourth-order valence-corrected chi connectivity index (χ4v) is 3.06. The average Bonchev–Trinajstić information content (AvgIpc) is 2.45. The second kappa shape index (κ2) is 6.92. The fourth-order valence-electron chi connectivity index (χ4n) is 2.15. The summed E-state index contributed by atoms with van der Waals surface area (Å²) in [7, 11) is 0. The van der Waals surface area contributed by atoms with Gasteiger partial charge in [-0.05, 0) is 25.5 Å². The van der Waals surface area contributed by atoms with E-state index in [1.165, 1.54) is 25.5 Å². The Balaban J connectivity index is 1.85. The van der Waals surface area contributed by atoms with E-state index in [0.29, 0.717) is 18.1 Å². The van der Waals surface area contributed by atoms with Crippen LogP contribution in [-0.4, -0.2) is 40.0 Å². The van der Waals surface area contributed by atoms with Crippen LogP contribution >= 0.6 is 11.8 Å². The predicted octanol–water partition coefficient (Wildman–Crippen LogP) is 2.31. The lowest BCUT2D eigenvalue weighted by molar-refractivity contribution is 0.0938. The van der Waals surface area contributed by atoms with Crippen molar-refractivity contribution in [3.05, 3.63) is 18.1 Å². The first kappa shape index (κ1) is 15.1. The highest BCUT2D eigenvalue weighted by Gasteiger charge is 2.36. The van der Waals surface area contributed by atoms with E-state index in [1.54, 1.807) is 6.20 Å². The molecule has 0 atom stereocenters. The third-order valence-corrected chi connectivity index (χ3v) is 5.13. The van der Waals surface area contributed by atoms with Crippen molar-refractivity contribution < 1.29 is 4.79 Å². The molecular formula is C14H22N4OS. The van der Waals surface area contributed by atoms with Crippen LogP contribution in [0.3, 0.4) is 0 Å². The van der Waals surface area contributed by atoms with Gasteiger partial charge in [-0.15, -0.1) is 0 Å². The van der Waals surface area contributed by atoms with Crippen LogP contribution in [0, 0.1) is 0 Å². The first-order valence-corrected chi connectivity index (χ1v) is 8.31. The second-order valence-corrected chi connectivity index (χ2v) is 6.41. The molecule has 1 amide bonds. The number of amides is 1. The average molecular weight is 294 g/mol. The Kier molecular flexibility index (Phi) is 5.23. The molecule has 110 valence electrons. The van der Waals surface area contributed by atoms with Crippen LogP contribution < -0.4 is 10.6 Å². The number of rotatable bonds is 7. The first-order valence-electron chi connectivity index (χ1n) is 7.08. The number of nitrogens with one attached hydrogen (secondary N) is 2. The molecule has 1 fully saturated rings. The van der Waals surface area contributed by atoms with Crippen LogP contribution in [0.25, 0.3) is 0 Å². The van der Waals surface area contributed by atoms with Gasteiger partial charge in [0.1, 0.15) is 11.5 Å². The van der Waals surface area contributed by atoms with Gasteiger partial charge >= 0.3 is 0 Å². The summed E-state index contributed by atoms with van der Waals surface area (Å²) in [5, 5.41) is 6.11. The molecule has 0 radical (unpaired) electrons. The van der Waals surface area contributed by atoms with Crippen molar-refractivity contribution in [3.63, 3.8) is 0 Å². The van der Waals surface area contributed by atoms with Crippen LogP contribution in [0.5, 0.6) is 0 Å². The summed E-state index contributed by atoms with van der Waals surface area (Å²) in [6, 6.07) is 0. The number of hydrogen-bond donors (Lipinski definition) is 2. The van der Waals surface area contributed by atoms with Crippen molar-refractivity contribution in [2.24, 2.45) is 0 Å². The Bertz CT molecular complexity index is 439. The molecule has 6 heteroatoms. The summed E-state index contributed by atoms with van der Waals surface area (Å²) in [5.74, 6) is 0.572. The summed E-state index contributed by atoms with van der Waals surface area (Å²) in [4.78, 5) is 20.4. The van der Waals surface area contributed by atoms with E-state index in [0.717, 1.165) is 13.0 Å². The van der Waals surface area contributed by atoms with Crippen LogP contribution in [0.2, 0.25) is 0 Å². The number of hydrogen-bond acceptors (Lipinski definition) is 5. The topological polar surface area (TPSA) is 66.9 Å². The summed E-state index contributed by atoms with van der Waals surface area (Å²) in [6.45, 7) is 3.66. The first-order chi connectivity index (χ1) is 9.69. The molecule has 0 aromatic carbocycles. The Morgan fingerprint density at radius 2 is 2.20 bits per heavy atom. The van der Waals surface area contributed by atoms with Crippen molar-refractivity contribution in [2.75, 3.05) is 24.7 Å². The Hall–Kier alpha value is -1.30. The van der Waals surface area contributed by atoms with Crippen molar-refractivity contribution in [2.45, 2.75) is 37.4 Å². The summed E-state index contributed by atoms with van der Waals surface area (Å²) in [6.07, 6.45) is 9.90. The van der Waals surface area contributed by atoms with Crippen molar-refractivity contribution in [1.29, 1.82) is 0 Å². The van der Waals surface area contributed by atoms with E-state index in [2.05, 4.69) is 33.8 Å². The molecule has 1 aliphatic rings. The number of nitrogens with zero attached hydrogens (tertiary/aromatic N) is 2. The zero-order valence-corrected chi connectivity index (χ0v) is 12.9. The molecule has 20 heavy (non-hydrogen) atoms. The molecule has 0 bridgehead atoms. The maximum atomic E-state index is 12.0. The van der Waals surface area contributed by atoms with E-state index in [4.69, 9.17) is 0 Å². The minimum atomic E-state index is -0.139. The minimum Gasteiger partial charge on any atom is -0.369 e. The SMILES string of the molecule is CCCNc1cnc(C(=O)NCC2(SC)CCC2)cn1. The van der Waals surface area contributed by atoms with Crippen molar-refractivity contribution in [1.82, 2.24) is 15.3 Å². The number of carbonyl (C=O) groups excluding carboxylic acids is 1. The molecule has 0 unspecified atom stereocenters. The molecule has 1 heterocycles. The van der Waals surface area contributed by atoms with Gasteiger partial charge in [-0.25, -0.2) is 9.97 Å². The number of carbonyl (C=O) groups is 1. The predicted molar refractivity (Wildman–Crippen MR) is 83.2 cm³/mol. The normalized spacial score (nSPS) is 16.3. The maximum Gasteiger partial charge on any atom is 0.271 e. The molecule has 5 nitrogen and oxygen atoms in total. The van der Waals surface area contributed by atoms with Gasteiger partial charge in [0, 0.05) is 17.8 Å². The van der Waals surface area contributed by atoms with Gasteiger partial charge < -0.3 is 10.6 Å². The van der Waals surface area contributed by atoms with E-state index in [9.17, 15) is 4.79 Å². The highest BCUT2D eigenvalue weighted by Crippen LogP contribution is 2.42. The number of aromatic nitrogens is 2. The van der Waals surface area contributed by atoms with Crippen LogP contribution in [0.1, 0.15) is 43.1 Å². The molecule has 0 saturated heterocycles. The molecule has 1 aromatic rings. The lowest BCUT2D eigenvalue weighted by Gasteiger charge is -2.40. The zero-order valence-electron chi connectivity index (χ0n) is 12.1. The number of anilines is 1. The molecule has 0 spiro atoms. The lowest BCUT2D eigenvalue weighted by atomic mass is 9.84. The van der Waals surface area contributed by atoms with Crippen LogP contribution in [0.4, 0.5) is 5.82 Å². The van der Waals surface area contributed by atoms with Gasteiger partial charge in [0.15, 0.2) is 0 Å². The van der Waals surface area contributed by atoms with Crippen LogP contribution in [-0.2, 0) is 0 Å². The quantitative estimate of drug-likeness (QED) is 0.808. The number of thioether (sulfide) groups is 1. The van der Waals surface area contributed by atoms with Crippen LogP contribution in [0.15, 0.2) is 12.4 Å². The summed E-state index contributed by atoms with van der Waals surface area (Å²) in [5.41, 5.74) is 0.377. The molecule has 2 rings (SSSR count). The standard InChI is InChI=1S/C14H22N4OS/c1-3-7-15-12-9-16-11(8-17-12)13(19)18-10-14(20-2)5-4-6-14/h8-9H,3-7,10H2,1-2H3,(H,15,17)(H,18,19). The monoisotopic (exact) mass is 294 g/mol. The largest absolute Gasteiger partial charge is 0.369 e. The Morgan fingerprint density at radius 3 is 2.70 bits per heavy atom. The molecule has 1 aliphatic carbocycles. The molecule has 0 aliphatic heterocycles. The third kappa shape index (κ3) is 3.62. The second-order valence-electron chi connectivity index (χ2n) is 5.14. The van der Waals surface area contributed by atoms with Gasteiger partial charge in [-0.2, -0.15) is 11.8 Å². The van der Waals surface area contributed by atoms with E-state index >= 15 is 0 Å². The van der Waals surface area contributed by atoms with Crippen molar-refractivity contribution in [3.8, 4) is 0 Å². The Labute approximate surface area is 124 Å². The van der Waals surface area contributed by atoms with E-state index in [-0.39, 0.29) is 10.7 Å². The maximum absolute atomic E-state index is 12.0. The molecule has 1 saturated carbocycles. The van der Waals surface area contributed by atoms with Gasteiger partial charge in [0.05, 0.1) is 12.4 Å². The highest BCUT2D eigenvalue weighted by molar-refractivity contribution is 8.00. The summed E-state index contributed by atoms with van der Waals surface area (Å²) >= 11 is 1.85. The van der Waals surface area contributed by atoms with Gasteiger partial charge in [0.25, 0.3) is 5.91 Å². The summed E-state index contributed by atoms with van der Waals surface area (Å²) < 4.78 is 0.242. The zero-order chi connectivity index (χ0) is 14.4. The molecule has 1 aromatic heterocycles. The van der Waals surface area contributed by atoms with E-state index in [1.807, 2.05) is 11.8 Å². The van der Waals surface area contributed by atoms with Gasteiger partial charge in [-0.3, -0.25) is 4.79 Å². The van der Waals surface area contributed by atoms with Crippen molar-refractivity contribution >= 4 is 23.5 Å². The fraction of sp³-hybridized carbons (Fsp3) is 0.643. The minimum absolute atomic E-state index is 0.139. The molecular weight excluding hydrogens is 272 g/mol. The van der Waals surface area contributed by atoms with Gasteiger partial charge in [0.2, 0.25) is 0 Å². The third-order valence-electron chi connectivity index (χ3n) is 3.71. The lowest BCUT2D eigenvalue weighted by Crippen LogP contribution is -2.45. The van der Waals surface area contributed by atoms with E-state index < -0.39 is 0 Å². The Morgan fingerprint density at radius 1 is 1.40 bits per heavy atom. The smallest absolute Gasteiger partial charge is 0.271 e. The molecule has 2 N–H and O–H groups in total. The highest BCUT2D eigenvalue weighted by atomic mass is 32.2. The van der Waals surface area contributed by atoms with Gasteiger partial charge in [-0.1, -0.05) is 13.3 Å².